The lowest BCUT2D eigenvalue weighted by Gasteiger charge is -2.44. The summed E-state index contributed by atoms with van der Waals surface area (Å²) < 4.78 is 0. The van der Waals surface area contributed by atoms with Gasteiger partial charge in [0.05, 0.1) is 34.1 Å². The molecule has 0 unspecified atom stereocenters. The Bertz CT molecular complexity index is 3440. The van der Waals surface area contributed by atoms with Crippen LogP contribution in [-0.2, 0) is 47.3 Å². The Morgan fingerprint density at radius 3 is 0.872 bits per heavy atom. The Kier molecular flexibility index (Phi) is 11.4. The Hall–Kier alpha value is -7.82. The van der Waals surface area contributed by atoms with Crippen molar-refractivity contribution in [2.24, 2.45) is 0 Å². The van der Waals surface area contributed by atoms with Crippen LogP contribution in [0, 0.1) is 0 Å². The van der Waals surface area contributed by atoms with Crippen molar-refractivity contribution in [3.63, 3.8) is 0 Å². The van der Waals surface area contributed by atoms with Crippen LogP contribution in [0.5, 0.6) is 0 Å². The smallest absolute Gasteiger partial charge is 0.0553 e. The zero-order chi connectivity index (χ0) is 54.2. The molecule has 0 radical (unpaired) electrons. The number of benzene rings is 9. The number of nitrogens with zero attached hydrogens (tertiary/aromatic N) is 4. The van der Waals surface area contributed by atoms with Crippen molar-refractivity contribution in [2.75, 3.05) is 19.6 Å². The molecule has 0 saturated carbocycles. The molecule has 0 N–H and O–H groups in total. The van der Waals surface area contributed by atoms with Crippen molar-refractivity contribution >= 4 is 68.2 Å². The Balaban J connectivity index is 0.963. The van der Waals surface area contributed by atoms with Crippen molar-refractivity contribution < 1.29 is 0 Å². The van der Waals surface area contributed by atoms with E-state index in [1.165, 1.54) is 135 Å². The molecule has 9 aromatic rings. The third-order valence-electron chi connectivity index (χ3n) is 17.3. The van der Waals surface area contributed by atoms with Crippen molar-refractivity contribution in [3.8, 4) is 0 Å². The first-order valence-corrected chi connectivity index (χ1v) is 28.4. The molecule has 78 heavy (non-hydrogen) atoms. The van der Waals surface area contributed by atoms with E-state index in [0.717, 1.165) is 25.7 Å². The van der Waals surface area contributed by atoms with Crippen LogP contribution in [0.25, 0.3) is 0 Å². The maximum atomic E-state index is 2.64. The van der Waals surface area contributed by atoms with E-state index in [0.29, 0.717) is 0 Å². The minimum Gasteiger partial charge on any atom is -0.310 e. The van der Waals surface area contributed by atoms with Crippen LogP contribution in [0.4, 0.5) is 68.2 Å². The highest BCUT2D eigenvalue weighted by Crippen LogP contribution is 2.59. The van der Waals surface area contributed by atoms with Crippen LogP contribution < -0.4 is 19.6 Å². The molecular weight excluding hydrogens is 945 g/mol. The van der Waals surface area contributed by atoms with E-state index in [-0.39, 0.29) is 21.7 Å². The predicted octanol–water partition coefficient (Wildman–Crippen LogP) is 20.4. The molecule has 0 fully saturated rings. The lowest BCUT2D eigenvalue weighted by molar-refractivity contribution is 0.590. The minimum absolute atomic E-state index is 0.0526. The highest BCUT2D eigenvalue weighted by Gasteiger charge is 2.39. The summed E-state index contributed by atoms with van der Waals surface area (Å²) in [6.45, 7) is 27.6. The lowest BCUT2D eigenvalue weighted by atomic mass is 9.81. The molecule has 4 nitrogen and oxygen atoms in total. The second kappa shape index (κ2) is 17.9. The minimum atomic E-state index is 0.0526. The zero-order valence-electron chi connectivity index (χ0n) is 47.9. The molecule has 0 saturated heterocycles. The SMILES string of the molecule is CC(C)(C)c1ccc(N(c2ccc(C(C)(C)C)cc2)c2ccc3c4c2Cc2ccccc2N4c2cc4c(cc2C3)N2c3ccccc3Cc3c(N(c5ccc(C(C)(C)C)cc5)c5ccc(C(C)(C)C)cc5)ccc(c32)C4)cc1. The summed E-state index contributed by atoms with van der Waals surface area (Å²) >= 11 is 0. The molecule has 0 amide bonds. The number of anilines is 12. The monoisotopic (exact) mass is 1020 g/mol. The third kappa shape index (κ3) is 8.33. The molecule has 4 heterocycles. The van der Waals surface area contributed by atoms with Gasteiger partial charge in [-0.15, -0.1) is 0 Å². The van der Waals surface area contributed by atoms with Crippen LogP contribution in [0.15, 0.2) is 182 Å². The number of rotatable bonds is 6. The molecule has 0 aliphatic carbocycles. The van der Waals surface area contributed by atoms with Gasteiger partial charge in [-0.1, -0.05) is 180 Å². The summed E-state index contributed by atoms with van der Waals surface area (Å²) in [5.74, 6) is 0. The second-order valence-electron chi connectivity index (χ2n) is 26.7. The van der Waals surface area contributed by atoms with Gasteiger partial charge in [0, 0.05) is 70.9 Å². The van der Waals surface area contributed by atoms with Crippen LogP contribution >= 0.6 is 0 Å². The van der Waals surface area contributed by atoms with Gasteiger partial charge in [0.15, 0.2) is 0 Å². The van der Waals surface area contributed by atoms with E-state index >= 15 is 0 Å². The molecule has 0 atom stereocenters. The lowest BCUT2D eigenvalue weighted by Crippen LogP contribution is -2.29. The highest BCUT2D eigenvalue weighted by atomic mass is 15.2. The number of hydrogen-bond acceptors (Lipinski definition) is 4. The topological polar surface area (TPSA) is 13.0 Å². The van der Waals surface area contributed by atoms with Gasteiger partial charge in [0.2, 0.25) is 0 Å². The molecule has 4 aliphatic rings. The summed E-state index contributed by atoms with van der Waals surface area (Å²) in [5, 5.41) is 0. The fourth-order valence-electron chi connectivity index (χ4n) is 12.9. The molecule has 390 valence electrons. The second-order valence-corrected chi connectivity index (χ2v) is 26.7. The normalized spacial score (nSPS) is 14.2. The Morgan fingerprint density at radius 1 is 0.282 bits per heavy atom. The van der Waals surface area contributed by atoms with Gasteiger partial charge in [-0.25, -0.2) is 0 Å². The number of fused-ring (bicyclic) bond motifs is 8. The van der Waals surface area contributed by atoms with Crippen molar-refractivity contribution in [3.05, 3.63) is 249 Å². The molecule has 13 rings (SSSR count). The summed E-state index contributed by atoms with van der Waals surface area (Å²) in [4.78, 5) is 10.3. The Labute approximate surface area is 464 Å². The van der Waals surface area contributed by atoms with Gasteiger partial charge in [-0.2, -0.15) is 0 Å². The van der Waals surface area contributed by atoms with Crippen LogP contribution in [0.2, 0.25) is 0 Å². The average Bonchev–Trinajstić information content (AvgIpc) is 3.41. The third-order valence-corrected chi connectivity index (χ3v) is 17.3. The zero-order valence-corrected chi connectivity index (χ0v) is 47.9. The van der Waals surface area contributed by atoms with E-state index in [2.05, 4.69) is 285 Å². The molecule has 4 aliphatic heterocycles. The summed E-state index contributed by atoms with van der Waals surface area (Å²) in [7, 11) is 0. The van der Waals surface area contributed by atoms with Gasteiger partial charge in [-0.05, 0) is 162 Å². The van der Waals surface area contributed by atoms with E-state index in [9.17, 15) is 0 Å². The maximum absolute atomic E-state index is 2.64. The summed E-state index contributed by atoms with van der Waals surface area (Å²) in [5.41, 5.74) is 31.3. The fourth-order valence-corrected chi connectivity index (χ4v) is 12.9. The van der Waals surface area contributed by atoms with Crippen LogP contribution in [0.1, 0.15) is 150 Å². The van der Waals surface area contributed by atoms with Crippen molar-refractivity contribution in [2.45, 2.75) is 130 Å². The molecule has 9 aromatic carbocycles. The highest BCUT2D eigenvalue weighted by molar-refractivity contribution is 5.99. The first kappa shape index (κ1) is 49.7. The van der Waals surface area contributed by atoms with Gasteiger partial charge >= 0.3 is 0 Å². The maximum Gasteiger partial charge on any atom is 0.0553 e. The van der Waals surface area contributed by atoms with E-state index in [1.54, 1.807) is 0 Å². The van der Waals surface area contributed by atoms with E-state index < -0.39 is 0 Å². The van der Waals surface area contributed by atoms with E-state index in [4.69, 9.17) is 0 Å². The van der Waals surface area contributed by atoms with Gasteiger partial charge < -0.3 is 19.6 Å². The van der Waals surface area contributed by atoms with E-state index in [1.807, 2.05) is 0 Å². The number of hydrogen-bond donors (Lipinski definition) is 0. The summed E-state index contributed by atoms with van der Waals surface area (Å²) in [6.07, 6.45) is 3.40. The van der Waals surface area contributed by atoms with Crippen molar-refractivity contribution in [1.29, 1.82) is 0 Å². The quantitative estimate of drug-likeness (QED) is 0.165. The van der Waals surface area contributed by atoms with Crippen molar-refractivity contribution in [1.82, 2.24) is 0 Å². The molecule has 0 aromatic heterocycles. The largest absolute Gasteiger partial charge is 0.310 e. The molecule has 4 heteroatoms. The molecular formula is C74H74N4. The average molecular weight is 1020 g/mol. The summed E-state index contributed by atoms with van der Waals surface area (Å²) in [6, 6.07) is 70.4. The molecule has 0 spiro atoms. The predicted molar refractivity (Wildman–Crippen MR) is 331 cm³/mol. The fraction of sp³-hybridized carbons (Fsp3) is 0.270. The van der Waals surface area contributed by atoms with Gasteiger partial charge in [-0.3, -0.25) is 0 Å². The first-order valence-electron chi connectivity index (χ1n) is 28.4. The Morgan fingerprint density at radius 2 is 0.577 bits per heavy atom. The van der Waals surface area contributed by atoms with Gasteiger partial charge in [0.1, 0.15) is 0 Å². The standard InChI is InChI=1S/C74H74N4/c1-71(2,3)53-23-31-57(32-24-53)75(58-33-25-54(26-34-58)72(4,5)6)65-39-21-49-41-51-46-68-52(45-67(51)77-63-19-15-13-17-47(63)43-61(65)69(49)77)42-50-22-40-66(62-44-48-18-14-16-20-64(48)78(68)70(50)62)76(59-35-27-55(28-36-59)73(7,8)9)60-37-29-56(30-38-60)74(10,11)12/h13-40,45-46H,41-44H2,1-12H3. The van der Waals surface area contributed by atoms with Gasteiger partial charge in [0.25, 0.3) is 0 Å². The number of para-hydroxylation sites is 2. The van der Waals surface area contributed by atoms with Crippen LogP contribution in [-0.4, -0.2) is 0 Å². The van der Waals surface area contributed by atoms with Crippen LogP contribution in [0.3, 0.4) is 0 Å². The molecule has 0 bridgehead atoms. The first-order chi connectivity index (χ1) is 37.2.